The van der Waals surface area contributed by atoms with Crippen molar-refractivity contribution in [2.45, 2.75) is 70.8 Å². The third kappa shape index (κ3) is 7.12. The van der Waals surface area contributed by atoms with Crippen molar-refractivity contribution in [3.8, 4) is 0 Å². The number of amides is 1. The normalized spacial score (nSPS) is 18.2. The van der Waals surface area contributed by atoms with E-state index in [0.29, 0.717) is 18.7 Å². The zero-order valence-corrected chi connectivity index (χ0v) is 15.1. The Kier molecular flexibility index (Phi) is 8.23. The van der Waals surface area contributed by atoms with E-state index in [1.165, 1.54) is 38.2 Å². The second-order valence-electron chi connectivity index (χ2n) is 6.63. The molecule has 0 spiro atoms. The molecule has 1 unspecified atom stereocenters. The first kappa shape index (κ1) is 19.2. The summed E-state index contributed by atoms with van der Waals surface area (Å²) in [6.07, 6.45) is 10.2. The van der Waals surface area contributed by atoms with Crippen LogP contribution in [0.2, 0.25) is 0 Å². The highest BCUT2D eigenvalue weighted by atomic mass is 16.5. The average molecular weight is 343 g/mol. The first-order valence-corrected chi connectivity index (χ1v) is 9.45. The summed E-state index contributed by atoms with van der Waals surface area (Å²) in [6.45, 7) is 2.21. The molecule has 0 bridgehead atoms. The molecule has 1 amide bonds. The van der Waals surface area contributed by atoms with Gasteiger partial charge in [0.25, 0.3) is 5.91 Å². The average Bonchev–Trinajstić information content (AvgIpc) is 2.94. The van der Waals surface area contributed by atoms with Gasteiger partial charge in [0.05, 0.1) is 0 Å². The van der Waals surface area contributed by atoms with Crippen LogP contribution >= 0.6 is 0 Å². The Morgan fingerprint density at radius 1 is 1.08 bits per heavy atom. The summed E-state index contributed by atoms with van der Waals surface area (Å²) < 4.78 is 5.60. The highest BCUT2D eigenvalue weighted by Crippen LogP contribution is 2.16. The molecule has 1 fully saturated rings. The van der Waals surface area contributed by atoms with Gasteiger partial charge in [0.2, 0.25) is 0 Å². The zero-order valence-electron chi connectivity index (χ0n) is 15.1. The smallest absolute Gasteiger partial charge is 0.268 e. The molecule has 0 aromatic heterocycles. The van der Waals surface area contributed by atoms with E-state index in [2.05, 4.69) is 12.2 Å². The predicted molar refractivity (Wildman–Crippen MR) is 98.9 cm³/mol. The van der Waals surface area contributed by atoms with E-state index in [1.54, 1.807) is 0 Å². The van der Waals surface area contributed by atoms with Gasteiger partial charge in [-0.3, -0.25) is 14.9 Å². The summed E-state index contributed by atoms with van der Waals surface area (Å²) in [6, 6.07) is 9.73. The second kappa shape index (κ2) is 10.7. The van der Waals surface area contributed by atoms with Crippen molar-refractivity contribution < 1.29 is 14.3 Å². The summed E-state index contributed by atoms with van der Waals surface area (Å²) >= 11 is 0. The topological polar surface area (TPSA) is 55.4 Å². The molecule has 1 heterocycles. The van der Waals surface area contributed by atoms with E-state index in [9.17, 15) is 9.59 Å². The maximum Gasteiger partial charge on any atom is 0.268 e. The number of ketones is 1. The fourth-order valence-electron chi connectivity index (χ4n) is 2.95. The van der Waals surface area contributed by atoms with Crippen LogP contribution in [-0.4, -0.2) is 17.8 Å². The van der Waals surface area contributed by atoms with Gasteiger partial charge in [0.15, 0.2) is 17.8 Å². The number of carbonyl (C=O) groups is 2. The van der Waals surface area contributed by atoms with Gasteiger partial charge in [-0.15, -0.1) is 0 Å². The standard InChI is InChI=1S/C21H29NO3/c1-2-3-4-5-6-7-11-14-18(23)16-20-22-21(24)19(25-20)15-17-12-9-8-10-13-17/h8-10,12-13,16,19H,2-7,11,14-15H2,1H3,(H,22,24)/b20-16+. The molecule has 4 heteroatoms. The summed E-state index contributed by atoms with van der Waals surface area (Å²) in [5.41, 5.74) is 1.04. The molecular formula is C21H29NO3. The fourth-order valence-corrected chi connectivity index (χ4v) is 2.95. The lowest BCUT2D eigenvalue weighted by molar-refractivity contribution is -0.123. The molecule has 1 N–H and O–H groups in total. The Morgan fingerprint density at radius 3 is 2.48 bits per heavy atom. The summed E-state index contributed by atoms with van der Waals surface area (Å²) in [4.78, 5) is 24.0. The summed E-state index contributed by atoms with van der Waals surface area (Å²) in [5, 5.41) is 2.66. The van der Waals surface area contributed by atoms with E-state index in [1.807, 2.05) is 30.3 Å². The van der Waals surface area contributed by atoms with Crippen molar-refractivity contribution in [2.75, 3.05) is 0 Å². The highest BCUT2D eigenvalue weighted by molar-refractivity contribution is 5.92. The highest BCUT2D eigenvalue weighted by Gasteiger charge is 2.30. The number of carbonyl (C=O) groups excluding carboxylic acids is 2. The maximum absolute atomic E-state index is 12.0. The number of allylic oxidation sites excluding steroid dienone is 1. The number of hydrogen-bond acceptors (Lipinski definition) is 3. The van der Waals surface area contributed by atoms with E-state index in [0.717, 1.165) is 18.4 Å². The third-order valence-corrected chi connectivity index (χ3v) is 4.39. The number of unbranched alkanes of at least 4 members (excludes halogenated alkanes) is 6. The van der Waals surface area contributed by atoms with Crippen LogP contribution in [0.3, 0.4) is 0 Å². The third-order valence-electron chi connectivity index (χ3n) is 4.39. The van der Waals surface area contributed by atoms with E-state index in [-0.39, 0.29) is 11.7 Å². The van der Waals surface area contributed by atoms with Crippen molar-refractivity contribution in [3.05, 3.63) is 47.9 Å². The molecule has 0 aliphatic carbocycles. The van der Waals surface area contributed by atoms with Crippen LogP contribution in [0.5, 0.6) is 0 Å². The number of ether oxygens (including phenoxy) is 1. The van der Waals surface area contributed by atoms with Crippen LogP contribution in [0.1, 0.15) is 63.9 Å². The van der Waals surface area contributed by atoms with E-state index < -0.39 is 6.10 Å². The molecule has 2 rings (SSSR count). The Balaban J connectivity index is 1.68. The first-order valence-electron chi connectivity index (χ1n) is 9.45. The molecule has 4 nitrogen and oxygen atoms in total. The maximum atomic E-state index is 12.0. The van der Waals surface area contributed by atoms with Crippen LogP contribution < -0.4 is 5.32 Å². The van der Waals surface area contributed by atoms with Crippen LogP contribution in [-0.2, 0) is 20.7 Å². The van der Waals surface area contributed by atoms with Gasteiger partial charge in [-0.1, -0.05) is 75.8 Å². The minimum Gasteiger partial charge on any atom is -0.465 e. The van der Waals surface area contributed by atoms with Crippen molar-refractivity contribution in [2.24, 2.45) is 0 Å². The molecule has 0 radical (unpaired) electrons. The molecule has 1 saturated heterocycles. The fraction of sp³-hybridized carbons (Fsp3) is 0.524. The Labute approximate surface area is 150 Å². The van der Waals surface area contributed by atoms with Crippen molar-refractivity contribution in [1.29, 1.82) is 0 Å². The number of nitrogens with one attached hydrogen (secondary N) is 1. The Hall–Kier alpha value is -2.10. The number of hydrogen-bond donors (Lipinski definition) is 1. The Morgan fingerprint density at radius 2 is 1.76 bits per heavy atom. The first-order chi connectivity index (χ1) is 12.2. The lowest BCUT2D eigenvalue weighted by Gasteiger charge is -2.07. The monoisotopic (exact) mass is 343 g/mol. The molecule has 0 saturated carbocycles. The molecule has 1 atom stereocenters. The molecule has 1 aromatic rings. The molecule has 25 heavy (non-hydrogen) atoms. The van der Waals surface area contributed by atoms with Gasteiger partial charge in [-0.05, 0) is 12.0 Å². The van der Waals surface area contributed by atoms with Crippen LogP contribution in [0, 0.1) is 0 Å². The number of rotatable bonds is 11. The summed E-state index contributed by atoms with van der Waals surface area (Å²) in [7, 11) is 0. The van der Waals surface area contributed by atoms with Gasteiger partial charge >= 0.3 is 0 Å². The van der Waals surface area contributed by atoms with Gasteiger partial charge < -0.3 is 4.74 Å². The SMILES string of the molecule is CCCCCCCCCC(=O)/C=C1\NC(=O)C(Cc2ccccc2)O1. The molecule has 1 aliphatic rings. The second-order valence-corrected chi connectivity index (χ2v) is 6.63. The van der Waals surface area contributed by atoms with E-state index in [4.69, 9.17) is 4.74 Å². The molecule has 136 valence electrons. The van der Waals surface area contributed by atoms with Crippen LogP contribution in [0.4, 0.5) is 0 Å². The van der Waals surface area contributed by atoms with Crippen molar-refractivity contribution in [3.63, 3.8) is 0 Å². The van der Waals surface area contributed by atoms with Gasteiger partial charge in [-0.2, -0.15) is 0 Å². The van der Waals surface area contributed by atoms with Gasteiger partial charge in [-0.25, -0.2) is 0 Å². The number of benzene rings is 1. The van der Waals surface area contributed by atoms with Gasteiger partial charge in [0, 0.05) is 18.9 Å². The molecule has 1 aliphatic heterocycles. The summed E-state index contributed by atoms with van der Waals surface area (Å²) in [5.74, 6) is 0.127. The lowest BCUT2D eigenvalue weighted by Crippen LogP contribution is -2.25. The minimum atomic E-state index is -0.556. The van der Waals surface area contributed by atoms with E-state index >= 15 is 0 Å². The van der Waals surface area contributed by atoms with Gasteiger partial charge in [0.1, 0.15) is 0 Å². The van der Waals surface area contributed by atoms with Crippen molar-refractivity contribution >= 4 is 11.7 Å². The van der Waals surface area contributed by atoms with Crippen LogP contribution in [0.25, 0.3) is 0 Å². The molecular weight excluding hydrogens is 314 g/mol. The largest absolute Gasteiger partial charge is 0.465 e. The van der Waals surface area contributed by atoms with Crippen molar-refractivity contribution in [1.82, 2.24) is 5.32 Å². The zero-order chi connectivity index (χ0) is 17.9. The Bertz CT molecular complexity index is 580. The van der Waals surface area contributed by atoms with Crippen LogP contribution in [0.15, 0.2) is 42.3 Å². The molecule has 1 aromatic carbocycles. The predicted octanol–water partition coefficient (Wildman–Crippen LogP) is 4.30. The quantitative estimate of drug-likeness (QED) is 0.481. The lowest BCUT2D eigenvalue weighted by atomic mass is 10.1. The minimum absolute atomic E-state index is 0.0178.